The second kappa shape index (κ2) is 4.77. The summed E-state index contributed by atoms with van der Waals surface area (Å²) in [5.41, 5.74) is -0.188. The predicted molar refractivity (Wildman–Crippen MR) is 62.4 cm³/mol. The van der Waals surface area contributed by atoms with Crippen LogP contribution in [0.3, 0.4) is 0 Å². The smallest absolute Gasteiger partial charge is 0.313 e. The largest absolute Gasteiger partial charge is 0.490 e. The van der Waals surface area contributed by atoms with E-state index in [2.05, 4.69) is 0 Å². The Labute approximate surface area is 103 Å². The van der Waals surface area contributed by atoms with E-state index in [9.17, 15) is 19.6 Å². The van der Waals surface area contributed by atoms with Gasteiger partial charge in [-0.3, -0.25) is 10.1 Å². The minimum absolute atomic E-state index is 0.0118. The lowest BCUT2D eigenvalue weighted by Gasteiger charge is -2.19. The van der Waals surface area contributed by atoms with E-state index in [1.807, 2.05) is 0 Å². The van der Waals surface area contributed by atoms with Crippen molar-refractivity contribution in [3.8, 4) is 5.75 Å². The minimum atomic E-state index is -0.690. The van der Waals surface area contributed by atoms with Gasteiger partial charge in [0.1, 0.15) is 0 Å². The molecule has 0 unspecified atom stereocenters. The average Bonchev–Trinajstić information content (AvgIpc) is 2.75. The number of methoxy groups -OCH3 is 1. The molecule has 1 saturated heterocycles. The summed E-state index contributed by atoms with van der Waals surface area (Å²) in [6.07, 6.45) is 0.0595. The summed E-state index contributed by atoms with van der Waals surface area (Å²) in [7, 11) is 1.29. The second-order valence-electron chi connectivity index (χ2n) is 4.12. The maximum absolute atomic E-state index is 13.8. The van der Waals surface area contributed by atoms with Gasteiger partial charge in [0.2, 0.25) is 0 Å². The third-order valence-corrected chi connectivity index (χ3v) is 2.95. The minimum Gasteiger partial charge on any atom is -0.490 e. The van der Waals surface area contributed by atoms with Gasteiger partial charge < -0.3 is 14.7 Å². The number of hydrogen-bond acceptors (Lipinski definition) is 5. The Bertz CT molecular complexity index is 480. The Kier molecular flexibility index (Phi) is 3.33. The highest BCUT2D eigenvalue weighted by atomic mass is 19.1. The van der Waals surface area contributed by atoms with Gasteiger partial charge in [-0.05, 0) is 6.42 Å². The van der Waals surface area contributed by atoms with Crippen LogP contribution >= 0.6 is 0 Å². The van der Waals surface area contributed by atoms with Crippen molar-refractivity contribution in [2.75, 3.05) is 25.1 Å². The molecule has 0 aromatic heterocycles. The summed E-state index contributed by atoms with van der Waals surface area (Å²) in [6, 6.07) is 2.14. The molecule has 1 aliphatic heterocycles. The first-order valence-corrected chi connectivity index (χ1v) is 5.48. The van der Waals surface area contributed by atoms with Crippen LogP contribution in [0.2, 0.25) is 0 Å². The van der Waals surface area contributed by atoms with Crippen molar-refractivity contribution in [3.63, 3.8) is 0 Å². The first-order chi connectivity index (χ1) is 8.52. The lowest BCUT2D eigenvalue weighted by molar-refractivity contribution is -0.385. The summed E-state index contributed by atoms with van der Waals surface area (Å²) >= 11 is 0. The normalized spacial score (nSPS) is 19.1. The summed E-state index contributed by atoms with van der Waals surface area (Å²) < 4.78 is 18.7. The van der Waals surface area contributed by atoms with E-state index >= 15 is 0 Å². The number of nitrogens with zero attached hydrogens (tertiary/aromatic N) is 2. The van der Waals surface area contributed by atoms with Crippen LogP contribution in [0.1, 0.15) is 6.42 Å². The highest BCUT2D eigenvalue weighted by Crippen LogP contribution is 2.35. The number of aliphatic hydroxyl groups excluding tert-OH is 1. The van der Waals surface area contributed by atoms with Gasteiger partial charge in [0.15, 0.2) is 11.6 Å². The van der Waals surface area contributed by atoms with Gasteiger partial charge in [0, 0.05) is 19.2 Å². The molecule has 2 rings (SSSR count). The number of anilines is 1. The summed E-state index contributed by atoms with van der Waals surface area (Å²) in [6.45, 7) is 0.830. The highest BCUT2D eigenvalue weighted by molar-refractivity contribution is 5.60. The molecular weight excluding hydrogens is 243 g/mol. The maximum Gasteiger partial charge on any atom is 0.313 e. The predicted octanol–water partition coefficient (Wildman–Crippen LogP) is 1.31. The Morgan fingerprint density at radius 2 is 2.33 bits per heavy atom. The van der Waals surface area contributed by atoms with Crippen molar-refractivity contribution in [2.45, 2.75) is 12.5 Å². The molecule has 0 amide bonds. The third kappa shape index (κ3) is 2.21. The van der Waals surface area contributed by atoms with Crippen LogP contribution in [0.4, 0.5) is 15.8 Å². The van der Waals surface area contributed by atoms with Crippen molar-refractivity contribution in [3.05, 3.63) is 28.1 Å². The Balaban J connectivity index is 2.40. The fraction of sp³-hybridized carbons (Fsp3) is 0.455. The van der Waals surface area contributed by atoms with Gasteiger partial charge in [-0.25, -0.2) is 4.39 Å². The van der Waals surface area contributed by atoms with Gasteiger partial charge in [-0.15, -0.1) is 0 Å². The zero-order valence-corrected chi connectivity index (χ0v) is 9.80. The highest BCUT2D eigenvalue weighted by Gasteiger charge is 2.26. The molecule has 0 spiro atoms. The van der Waals surface area contributed by atoms with E-state index in [-0.39, 0.29) is 11.4 Å². The molecule has 0 bridgehead atoms. The zero-order chi connectivity index (χ0) is 13.3. The van der Waals surface area contributed by atoms with Gasteiger partial charge in [-0.1, -0.05) is 0 Å². The number of hydrogen-bond donors (Lipinski definition) is 1. The number of halogens is 1. The first kappa shape index (κ1) is 12.6. The molecular formula is C11H13FN2O4. The average molecular weight is 256 g/mol. The number of rotatable bonds is 3. The first-order valence-electron chi connectivity index (χ1n) is 5.48. The maximum atomic E-state index is 13.8. The van der Waals surface area contributed by atoms with Crippen molar-refractivity contribution < 1.29 is 19.2 Å². The summed E-state index contributed by atoms with van der Waals surface area (Å²) in [4.78, 5) is 11.7. The molecule has 1 heterocycles. The molecule has 1 aliphatic rings. The monoisotopic (exact) mass is 256 g/mol. The number of β-amino-alcohol motifs (C(OH)–C–C–N with tert-alkyl or cyclic N) is 1. The van der Waals surface area contributed by atoms with Crippen molar-refractivity contribution in [2.24, 2.45) is 0 Å². The van der Waals surface area contributed by atoms with Crippen LogP contribution in [0, 0.1) is 15.9 Å². The number of nitro benzene ring substituents is 1. The van der Waals surface area contributed by atoms with Gasteiger partial charge in [-0.2, -0.15) is 0 Å². The third-order valence-electron chi connectivity index (χ3n) is 2.95. The molecule has 0 aliphatic carbocycles. The molecule has 7 heteroatoms. The topological polar surface area (TPSA) is 75.8 Å². The van der Waals surface area contributed by atoms with Crippen molar-refractivity contribution >= 4 is 11.4 Å². The van der Waals surface area contributed by atoms with Crippen LogP contribution in [0.15, 0.2) is 12.1 Å². The van der Waals surface area contributed by atoms with Gasteiger partial charge >= 0.3 is 5.69 Å². The summed E-state index contributed by atoms with van der Waals surface area (Å²) in [5.74, 6) is -0.672. The van der Waals surface area contributed by atoms with Crippen LogP contribution in [0.25, 0.3) is 0 Å². The molecule has 1 fully saturated rings. The van der Waals surface area contributed by atoms with E-state index in [0.717, 1.165) is 6.07 Å². The number of benzene rings is 1. The Hall–Kier alpha value is -1.89. The molecule has 0 saturated carbocycles. The van der Waals surface area contributed by atoms with E-state index in [1.54, 1.807) is 4.90 Å². The molecule has 1 atom stereocenters. The molecule has 6 nitrogen and oxygen atoms in total. The molecule has 18 heavy (non-hydrogen) atoms. The lowest BCUT2D eigenvalue weighted by atomic mass is 10.2. The number of nitro groups is 1. The van der Waals surface area contributed by atoms with Gasteiger partial charge in [0.05, 0.1) is 29.9 Å². The SMILES string of the molecule is COc1cc(N2CC[C@H](O)C2)c(F)cc1[N+](=O)[O-]. The van der Waals surface area contributed by atoms with E-state index in [4.69, 9.17) is 4.74 Å². The van der Waals surface area contributed by atoms with Crippen LogP contribution in [-0.4, -0.2) is 36.3 Å². The van der Waals surface area contributed by atoms with Crippen LogP contribution in [0.5, 0.6) is 5.75 Å². The molecule has 1 aromatic carbocycles. The van der Waals surface area contributed by atoms with Gasteiger partial charge in [0.25, 0.3) is 0 Å². The Morgan fingerprint density at radius 3 is 2.83 bits per heavy atom. The quantitative estimate of drug-likeness (QED) is 0.652. The zero-order valence-electron chi connectivity index (χ0n) is 9.80. The fourth-order valence-corrected chi connectivity index (χ4v) is 2.04. The molecule has 1 aromatic rings. The second-order valence-corrected chi connectivity index (χ2v) is 4.12. The lowest BCUT2D eigenvalue weighted by Crippen LogP contribution is -2.22. The molecule has 0 radical (unpaired) electrons. The van der Waals surface area contributed by atoms with E-state index < -0.39 is 22.5 Å². The standard InChI is InChI=1S/C11H13FN2O4/c1-18-11-5-9(13-3-2-7(15)6-13)8(12)4-10(11)14(16)17/h4-5,7,15H,2-3,6H2,1H3/t7-/m0/s1. The number of ether oxygens (including phenoxy) is 1. The van der Waals surface area contributed by atoms with Crippen LogP contribution < -0.4 is 9.64 Å². The molecule has 1 N–H and O–H groups in total. The van der Waals surface area contributed by atoms with Crippen molar-refractivity contribution in [1.82, 2.24) is 0 Å². The number of aliphatic hydroxyl groups is 1. The summed E-state index contributed by atoms with van der Waals surface area (Å²) in [5, 5.41) is 20.1. The van der Waals surface area contributed by atoms with Crippen LogP contribution in [-0.2, 0) is 0 Å². The Morgan fingerprint density at radius 1 is 1.61 bits per heavy atom. The molecule has 98 valence electrons. The van der Waals surface area contributed by atoms with E-state index in [1.165, 1.54) is 13.2 Å². The van der Waals surface area contributed by atoms with Crippen molar-refractivity contribution in [1.29, 1.82) is 0 Å². The van der Waals surface area contributed by atoms with E-state index in [0.29, 0.717) is 19.5 Å². The fourth-order valence-electron chi connectivity index (χ4n) is 2.04.